The molecule has 24 heavy (non-hydrogen) atoms. The van der Waals surface area contributed by atoms with Crippen molar-refractivity contribution >= 4 is 5.69 Å². The maximum Gasteiger partial charge on any atom is 0.119 e. The predicted octanol–water partition coefficient (Wildman–Crippen LogP) is 4.02. The molecule has 0 unspecified atom stereocenters. The molecule has 1 aliphatic heterocycles. The van der Waals surface area contributed by atoms with Gasteiger partial charge in [0.05, 0.1) is 6.61 Å². The number of ether oxygens (including phenoxy) is 1. The van der Waals surface area contributed by atoms with E-state index in [0.717, 1.165) is 45.1 Å². The lowest BCUT2D eigenvalue weighted by atomic mass is 10.1. The van der Waals surface area contributed by atoms with E-state index in [9.17, 15) is 0 Å². The lowest BCUT2D eigenvalue weighted by Gasteiger charge is -2.37. The highest BCUT2D eigenvalue weighted by Gasteiger charge is 2.18. The molecule has 3 rings (SSSR count). The second kappa shape index (κ2) is 7.71. The molecule has 0 atom stereocenters. The van der Waals surface area contributed by atoms with E-state index in [0.29, 0.717) is 0 Å². The summed E-state index contributed by atoms with van der Waals surface area (Å²) in [6.07, 6.45) is 0. The van der Waals surface area contributed by atoms with Crippen molar-refractivity contribution in [2.75, 3.05) is 37.7 Å². The van der Waals surface area contributed by atoms with E-state index >= 15 is 0 Å². The van der Waals surface area contributed by atoms with E-state index in [4.69, 9.17) is 4.74 Å². The topological polar surface area (TPSA) is 15.7 Å². The third-order valence-corrected chi connectivity index (χ3v) is 4.93. The molecule has 0 radical (unpaired) electrons. The lowest BCUT2D eigenvalue weighted by molar-refractivity contribution is 0.249. The number of rotatable bonds is 5. The van der Waals surface area contributed by atoms with Crippen molar-refractivity contribution in [3.05, 3.63) is 59.2 Å². The first kappa shape index (κ1) is 16.8. The molecule has 3 heteroatoms. The number of piperazine rings is 1. The van der Waals surface area contributed by atoms with Crippen LogP contribution in [0.5, 0.6) is 5.75 Å². The Morgan fingerprint density at radius 1 is 0.917 bits per heavy atom. The third kappa shape index (κ3) is 3.90. The highest BCUT2D eigenvalue weighted by atomic mass is 16.5. The molecule has 0 spiro atoms. The zero-order valence-electron chi connectivity index (χ0n) is 15.1. The molecule has 1 heterocycles. The molecule has 3 nitrogen and oxygen atoms in total. The van der Waals surface area contributed by atoms with Crippen molar-refractivity contribution in [2.45, 2.75) is 27.3 Å². The van der Waals surface area contributed by atoms with E-state index < -0.39 is 0 Å². The predicted molar refractivity (Wildman–Crippen MR) is 101 cm³/mol. The molecule has 2 aromatic rings. The molecule has 2 aromatic carbocycles. The molecular formula is C21H28N2O. The van der Waals surface area contributed by atoms with Crippen LogP contribution in [0.3, 0.4) is 0 Å². The molecule has 0 amide bonds. The summed E-state index contributed by atoms with van der Waals surface area (Å²) < 4.78 is 5.51. The van der Waals surface area contributed by atoms with Crippen LogP contribution in [-0.4, -0.2) is 37.7 Å². The monoisotopic (exact) mass is 324 g/mol. The number of anilines is 1. The van der Waals surface area contributed by atoms with Crippen molar-refractivity contribution < 1.29 is 4.74 Å². The summed E-state index contributed by atoms with van der Waals surface area (Å²) in [7, 11) is 0. The number of hydrogen-bond donors (Lipinski definition) is 0. The zero-order valence-corrected chi connectivity index (χ0v) is 15.1. The summed E-state index contributed by atoms with van der Waals surface area (Å²) in [6.45, 7) is 12.6. The Morgan fingerprint density at radius 2 is 1.62 bits per heavy atom. The molecule has 0 bridgehead atoms. The first-order valence-electron chi connectivity index (χ1n) is 8.92. The SMILES string of the molecule is CCOc1ccc(CN2CCN(c3cccc(C)c3C)CC2)cc1. The molecule has 128 valence electrons. The van der Waals surface area contributed by atoms with Crippen LogP contribution < -0.4 is 9.64 Å². The fraction of sp³-hybridized carbons (Fsp3) is 0.429. The number of hydrogen-bond acceptors (Lipinski definition) is 3. The normalized spacial score (nSPS) is 15.5. The van der Waals surface area contributed by atoms with Gasteiger partial charge in [-0.3, -0.25) is 4.90 Å². The van der Waals surface area contributed by atoms with Gasteiger partial charge in [0.25, 0.3) is 0 Å². The van der Waals surface area contributed by atoms with Gasteiger partial charge in [0.15, 0.2) is 0 Å². The minimum Gasteiger partial charge on any atom is -0.494 e. The van der Waals surface area contributed by atoms with Crippen LogP contribution in [0.15, 0.2) is 42.5 Å². The molecule has 0 aliphatic carbocycles. The minimum absolute atomic E-state index is 0.722. The van der Waals surface area contributed by atoms with Gasteiger partial charge in [-0.25, -0.2) is 0 Å². The Bertz CT molecular complexity index is 658. The van der Waals surface area contributed by atoms with Crippen molar-refractivity contribution in [3.63, 3.8) is 0 Å². The second-order valence-electron chi connectivity index (χ2n) is 6.56. The fourth-order valence-electron chi connectivity index (χ4n) is 3.34. The van der Waals surface area contributed by atoms with Crippen molar-refractivity contribution in [1.82, 2.24) is 4.90 Å². The molecule has 0 N–H and O–H groups in total. The smallest absolute Gasteiger partial charge is 0.119 e. The van der Waals surface area contributed by atoms with Gasteiger partial charge in [-0.15, -0.1) is 0 Å². The van der Waals surface area contributed by atoms with Gasteiger partial charge in [-0.2, -0.15) is 0 Å². The molecule has 0 aromatic heterocycles. The Kier molecular flexibility index (Phi) is 5.41. The number of nitrogens with zero attached hydrogens (tertiary/aromatic N) is 2. The summed E-state index contributed by atoms with van der Waals surface area (Å²) >= 11 is 0. The van der Waals surface area contributed by atoms with Gasteiger partial charge in [0.2, 0.25) is 0 Å². The molecule has 1 saturated heterocycles. The van der Waals surface area contributed by atoms with Crippen molar-refractivity contribution in [1.29, 1.82) is 0 Å². The largest absolute Gasteiger partial charge is 0.494 e. The molecular weight excluding hydrogens is 296 g/mol. The average molecular weight is 324 g/mol. The van der Waals surface area contributed by atoms with E-state index in [1.165, 1.54) is 22.4 Å². The van der Waals surface area contributed by atoms with Gasteiger partial charge in [0, 0.05) is 38.4 Å². The van der Waals surface area contributed by atoms with Gasteiger partial charge >= 0.3 is 0 Å². The Hall–Kier alpha value is -2.00. The third-order valence-electron chi connectivity index (χ3n) is 4.93. The van der Waals surface area contributed by atoms with E-state index in [1.807, 2.05) is 6.92 Å². The summed E-state index contributed by atoms with van der Waals surface area (Å²) in [5, 5.41) is 0. The van der Waals surface area contributed by atoms with Gasteiger partial charge in [-0.05, 0) is 55.7 Å². The summed E-state index contributed by atoms with van der Waals surface area (Å²) in [6, 6.07) is 15.1. The highest BCUT2D eigenvalue weighted by Crippen LogP contribution is 2.24. The number of benzene rings is 2. The van der Waals surface area contributed by atoms with Crippen LogP contribution >= 0.6 is 0 Å². The molecule has 0 saturated carbocycles. The van der Waals surface area contributed by atoms with Crippen molar-refractivity contribution in [3.8, 4) is 5.75 Å². The van der Waals surface area contributed by atoms with Crippen LogP contribution in [-0.2, 0) is 6.54 Å². The maximum atomic E-state index is 5.51. The van der Waals surface area contributed by atoms with E-state index in [1.54, 1.807) is 0 Å². The first-order chi connectivity index (χ1) is 11.7. The fourth-order valence-corrected chi connectivity index (χ4v) is 3.34. The van der Waals surface area contributed by atoms with Gasteiger partial charge in [0.1, 0.15) is 5.75 Å². The van der Waals surface area contributed by atoms with Gasteiger partial charge in [-0.1, -0.05) is 24.3 Å². The van der Waals surface area contributed by atoms with Crippen LogP contribution in [0.1, 0.15) is 23.6 Å². The standard InChI is InChI=1S/C21H28N2O/c1-4-24-20-10-8-19(9-11-20)16-22-12-14-23(15-13-22)21-7-5-6-17(2)18(21)3/h5-11H,4,12-16H2,1-3H3. The molecule has 1 aliphatic rings. The van der Waals surface area contributed by atoms with E-state index in [-0.39, 0.29) is 0 Å². The van der Waals surface area contributed by atoms with Crippen LogP contribution in [0.4, 0.5) is 5.69 Å². The highest BCUT2D eigenvalue weighted by molar-refractivity contribution is 5.56. The Balaban J connectivity index is 1.56. The maximum absolute atomic E-state index is 5.51. The first-order valence-corrected chi connectivity index (χ1v) is 8.92. The summed E-state index contributed by atoms with van der Waals surface area (Å²) in [5.74, 6) is 0.959. The zero-order chi connectivity index (χ0) is 16.9. The average Bonchev–Trinajstić information content (AvgIpc) is 2.60. The molecule has 1 fully saturated rings. The Labute approximate surface area is 145 Å². The second-order valence-corrected chi connectivity index (χ2v) is 6.56. The van der Waals surface area contributed by atoms with Crippen LogP contribution in [0, 0.1) is 13.8 Å². The quantitative estimate of drug-likeness (QED) is 0.826. The van der Waals surface area contributed by atoms with Crippen LogP contribution in [0.2, 0.25) is 0 Å². The van der Waals surface area contributed by atoms with Crippen LogP contribution in [0.25, 0.3) is 0 Å². The summed E-state index contributed by atoms with van der Waals surface area (Å²) in [4.78, 5) is 5.06. The van der Waals surface area contributed by atoms with Gasteiger partial charge < -0.3 is 9.64 Å². The lowest BCUT2D eigenvalue weighted by Crippen LogP contribution is -2.46. The van der Waals surface area contributed by atoms with E-state index in [2.05, 4.69) is 66.1 Å². The van der Waals surface area contributed by atoms with Crippen molar-refractivity contribution in [2.24, 2.45) is 0 Å². The number of aryl methyl sites for hydroxylation is 1. The Morgan fingerprint density at radius 3 is 2.29 bits per heavy atom. The summed E-state index contributed by atoms with van der Waals surface area (Å²) in [5.41, 5.74) is 5.55. The minimum atomic E-state index is 0.722.